The number of hydrogen-bond acceptors (Lipinski definition) is 5. The molecule has 0 heterocycles. The molecule has 24 heavy (non-hydrogen) atoms. The molecule has 6 nitrogen and oxygen atoms in total. The number of carbonyl (C=O) groups is 1. The first-order valence-electron chi connectivity index (χ1n) is 6.83. The summed E-state index contributed by atoms with van der Waals surface area (Å²) in [6.07, 6.45) is 0.530. The van der Waals surface area contributed by atoms with Crippen molar-refractivity contribution in [3.63, 3.8) is 0 Å². The number of hydrazone groups is 1. The SMILES string of the molecule is C[C@@H](Oc1cccc(Br)c1)C(=O)N/N=C/c1cc(O)c(O)c(Cl)c1. The molecule has 3 N–H and O–H groups in total. The number of nitrogens with one attached hydrogen (secondary N) is 1. The number of amides is 1. The van der Waals surface area contributed by atoms with Gasteiger partial charge in [-0.3, -0.25) is 4.79 Å². The van der Waals surface area contributed by atoms with Crippen LogP contribution in [0.15, 0.2) is 46.0 Å². The molecule has 0 bridgehead atoms. The van der Waals surface area contributed by atoms with Crippen LogP contribution in [0.3, 0.4) is 0 Å². The van der Waals surface area contributed by atoms with Gasteiger partial charge in [0.15, 0.2) is 17.6 Å². The number of halogens is 2. The maximum absolute atomic E-state index is 11.9. The minimum absolute atomic E-state index is 0.0193. The van der Waals surface area contributed by atoms with Gasteiger partial charge in [-0.25, -0.2) is 5.43 Å². The Bertz CT molecular complexity index is 759. The molecule has 0 unspecified atom stereocenters. The molecule has 126 valence electrons. The second kappa shape index (κ2) is 8.03. The van der Waals surface area contributed by atoms with Crippen LogP contribution < -0.4 is 10.2 Å². The molecule has 8 heteroatoms. The van der Waals surface area contributed by atoms with Gasteiger partial charge in [0.05, 0.1) is 11.2 Å². The molecule has 0 saturated heterocycles. The van der Waals surface area contributed by atoms with Gasteiger partial charge in [0.2, 0.25) is 0 Å². The second-order valence-corrected chi connectivity index (χ2v) is 6.15. The van der Waals surface area contributed by atoms with E-state index >= 15 is 0 Å². The van der Waals surface area contributed by atoms with Crippen molar-refractivity contribution in [2.75, 3.05) is 0 Å². The lowest BCUT2D eigenvalue weighted by molar-refractivity contribution is -0.127. The minimum atomic E-state index is -0.756. The van der Waals surface area contributed by atoms with E-state index < -0.39 is 17.8 Å². The van der Waals surface area contributed by atoms with E-state index in [4.69, 9.17) is 16.3 Å². The number of nitrogens with zero attached hydrogens (tertiary/aromatic N) is 1. The average molecular weight is 414 g/mol. The second-order valence-electron chi connectivity index (χ2n) is 4.82. The van der Waals surface area contributed by atoms with Crippen molar-refractivity contribution >= 4 is 39.7 Å². The van der Waals surface area contributed by atoms with Crippen LogP contribution in [-0.2, 0) is 4.79 Å². The third-order valence-corrected chi connectivity index (χ3v) is 3.71. The Labute approximate surface area is 151 Å². The fourth-order valence-corrected chi connectivity index (χ4v) is 2.34. The molecule has 0 aliphatic rings. The quantitative estimate of drug-likeness (QED) is 0.398. The van der Waals surface area contributed by atoms with Crippen molar-refractivity contribution in [3.8, 4) is 17.2 Å². The lowest BCUT2D eigenvalue weighted by Crippen LogP contribution is -2.33. The predicted molar refractivity (Wildman–Crippen MR) is 94.8 cm³/mol. The zero-order valence-electron chi connectivity index (χ0n) is 12.5. The first-order chi connectivity index (χ1) is 11.4. The van der Waals surface area contributed by atoms with Crippen LogP contribution in [0.5, 0.6) is 17.2 Å². The summed E-state index contributed by atoms with van der Waals surface area (Å²) in [5.74, 6) is -0.679. The van der Waals surface area contributed by atoms with E-state index in [1.54, 1.807) is 25.1 Å². The molecule has 0 saturated carbocycles. The van der Waals surface area contributed by atoms with E-state index in [1.165, 1.54) is 18.3 Å². The van der Waals surface area contributed by atoms with Gasteiger partial charge in [-0.2, -0.15) is 5.10 Å². The largest absolute Gasteiger partial charge is 0.504 e. The summed E-state index contributed by atoms with van der Waals surface area (Å²) in [6.45, 7) is 1.59. The number of hydrogen-bond donors (Lipinski definition) is 3. The van der Waals surface area contributed by atoms with Gasteiger partial charge < -0.3 is 14.9 Å². The van der Waals surface area contributed by atoms with Crippen molar-refractivity contribution < 1.29 is 19.7 Å². The maximum Gasteiger partial charge on any atom is 0.280 e. The zero-order valence-corrected chi connectivity index (χ0v) is 14.9. The van der Waals surface area contributed by atoms with Gasteiger partial charge in [0, 0.05) is 4.47 Å². The fraction of sp³-hybridized carbons (Fsp3) is 0.125. The van der Waals surface area contributed by atoms with Gasteiger partial charge in [-0.1, -0.05) is 33.6 Å². The molecule has 0 aliphatic carbocycles. The highest BCUT2D eigenvalue weighted by Gasteiger charge is 2.14. The van der Waals surface area contributed by atoms with Crippen molar-refractivity contribution in [2.24, 2.45) is 5.10 Å². The number of phenolic OH excluding ortho intramolecular Hbond substituents is 2. The normalized spacial score (nSPS) is 12.1. The first-order valence-corrected chi connectivity index (χ1v) is 8.00. The summed E-state index contributed by atoms with van der Waals surface area (Å²) in [5, 5.41) is 22.6. The molecular formula is C16H14BrClN2O4. The van der Waals surface area contributed by atoms with Crippen molar-refractivity contribution in [1.29, 1.82) is 0 Å². The minimum Gasteiger partial charge on any atom is -0.504 e. The van der Waals surface area contributed by atoms with E-state index in [9.17, 15) is 15.0 Å². The van der Waals surface area contributed by atoms with E-state index in [-0.39, 0.29) is 10.8 Å². The zero-order chi connectivity index (χ0) is 17.7. The third kappa shape index (κ3) is 4.87. The summed E-state index contributed by atoms with van der Waals surface area (Å²) in [6, 6.07) is 9.78. The van der Waals surface area contributed by atoms with Crippen molar-refractivity contribution in [1.82, 2.24) is 5.43 Å². The van der Waals surface area contributed by atoms with Crippen molar-refractivity contribution in [2.45, 2.75) is 13.0 Å². The lowest BCUT2D eigenvalue weighted by Gasteiger charge is -2.13. The van der Waals surface area contributed by atoms with E-state index in [0.717, 1.165) is 4.47 Å². The number of aromatic hydroxyl groups is 2. The lowest BCUT2D eigenvalue weighted by atomic mass is 10.2. The molecule has 0 aliphatic heterocycles. The van der Waals surface area contributed by atoms with Gasteiger partial charge in [0.25, 0.3) is 5.91 Å². The molecule has 1 amide bonds. The van der Waals surface area contributed by atoms with Crippen LogP contribution in [0.1, 0.15) is 12.5 Å². The smallest absolute Gasteiger partial charge is 0.280 e. The highest BCUT2D eigenvalue weighted by molar-refractivity contribution is 9.10. The van der Waals surface area contributed by atoms with Gasteiger partial charge >= 0.3 is 0 Å². The Morgan fingerprint density at radius 1 is 1.38 bits per heavy atom. The molecule has 0 aromatic heterocycles. The Hall–Kier alpha value is -2.25. The van der Waals surface area contributed by atoms with Gasteiger partial charge in [0.1, 0.15) is 5.75 Å². The van der Waals surface area contributed by atoms with Crippen LogP contribution in [0, 0.1) is 0 Å². The summed E-state index contributed by atoms with van der Waals surface area (Å²) < 4.78 is 6.35. The van der Waals surface area contributed by atoms with Gasteiger partial charge in [-0.05, 0) is 42.8 Å². The number of carbonyl (C=O) groups excluding carboxylic acids is 1. The summed E-state index contributed by atoms with van der Waals surface area (Å²) in [7, 11) is 0. The Kier molecular flexibility index (Phi) is 6.05. The average Bonchev–Trinajstić information content (AvgIpc) is 2.52. The molecule has 0 radical (unpaired) electrons. The summed E-state index contributed by atoms with van der Waals surface area (Å²) in [5.41, 5.74) is 2.74. The summed E-state index contributed by atoms with van der Waals surface area (Å²) in [4.78, 5) is 11.9. The monoisotopic (exact) mass is 412 g/mol. The Balaban J connectivity index is 1.94. The Morgan fingerprint density at radius 3 is 2.79 bits per heavy atom. The predicted octanol–water partition coefficient (Wildman–Crippen LogP) is 3.43. The molecule has 0 fully saturated rings. The summed E-state index contributed by atoms with van der Waals surface area (Å²) >= 11 is 9.05. The van der Waals surface area contributed by atoms with Crippen LogP contribution in [0.2, 0.25) is 5.02 Å². The molecule has 2 aromatic rings. The number of phenols is 2. The van der Waals surface area contributed by atoms with E-state index in [2.05, 4.69) is 26.5 Å². The highest BCUT2D eigenvalue weighted by atomic mass is 79.9. The van der Waals surface area contributed by atoms with Crippen LogP contribution in [0.4, 0.5) is 0 Å². The van der Waals surface area contributed by atoms with E-state index in [1.807, 2.05) is 6.07 Å². The molecule has 2 rings (SSSR count). The molecule has 1 atom stereocenters. The Morgan fingerprint density at radius 2 is 2.12 bits per heavy atom. The third-order valence-electron chi connectivity index (χ3n) is 2.93. The van der Waals surface area contributed by atoms with E-state index in [0.29, 0.717) is 11.3 Å². The molecular weight excluding hydrogens is 400 g/mol. The van der Waals surface area contributed by atoms with Crippen LogP contribution in [-0.4, -0.2) is 28.4 Å². The van der Waals surface area contributed by atoms with Gasteiger partial charge in [-0.15, -0.1) is 0 Å². The number of ether oxygens (including phenoxy) is 1. The van der Waals surface area contributed by atoms with Crippen LogP contribution in [0.25, 0.3) is 0 Å². The first kappa shape index (κ1) is 18.1. The van der Waals surface area contributed by atoms with Crippen molar-refractivity contribution in [3.05, 3.63) is 51.5 Å². The topological polar surface area (TPSA) is 91.2 Å². The molecule has 0 spiro atoms. The number of rotatable bonds is 5. The standard InChI is InChI=1S/C16H14BrClN2O4/c1-9(24-12-4-2-3-11(17)7-12)16(23)20-19-8-10-5-13(18)15(22)14(21)6-10/h2-9,21-22H,1H3,(H,20,23)/b19-8+/t9-/m1/s1. The number of benzene rings is 2. The fourth-order valence-electron chi connectivity index (χ4n) is 1.74. The maximum atomic E-state index is 11.9. The van der Waals surface area contributed by atoms with Crippen LogP contribution >= 0.6 is 27.5 Å². The highest BCUT2D eigenvalue weighted by Crippen LogP contribution is 2.33. The molecule has 2 aromatic carbocycles.